The van der Waals surface area contributed by atoms with Gasteiger partial charge in [0.2, 0.25) is 0 Å². The van der Waals surface area contributed by atoms with Gasteiger partial charge in [0, 0.05) is 34.1 Å². The van der Waals surface area contributed by atoms with Gasteiger partial charge >= 0.3 is 5.97 Å². The summed E-state index contributed by atoms with van der Waals surface area (Å²) in [7, 11) is 1.28. The van der Waals surface area contributed by atoms with Crippen LogP contribution in [-0.2, 0) is 16.0 Å². The van der Waals surface area contributed by atoms with Gasteiger partial charge in [0.05, 0.1) is 19.1 Å². The van der Waals surface area contributed by atoms with Crippen LogP contribution >= 0.6 is 22.7 Å². The SMILES string of the molecule is COC(=O)C(Cc1cnc[nH]1)Nc1nc2sc(C(N)=O)c(N)c2c(-c2cccs2)c1C#N. The summed E-state index contributed by atoms with van der Waals surface area (Å²) in [4.78, 5) is 37.1. The number of carbonyl (C=O) groups excluding carboxylic acids is 2. The minimum atomic E-state index is -0.846. The summed E-state index contributed by atoms with van der Waals surface area (Å²) in [6.07, 6.45) is 3.32. The lowest BCUT2D eigenvalue weighted by Crippen LogP contribution is -2.33. The number of methoxy groups -OCH3 is 1. The van der Waals surface area contributed by atoms with E-state index in [9.17, 15) is 14.9 Å². The number of anilines is 2. The quantitative estimate of drug-likeness (QED) is 0.300. The molecule has 1 amide bonds. The van der Waals surface area contributed by atoms with Crippen molar-refractivity contribution in [2.24, 2.45) is 5.73 Å². The Balaban J connectivity index is 1.92. The van der Waals surface area contributed by atoms with Gasteiger partial charge in [0.15, 0.2) is 0 Å². The topological polar surface area (TPSA) is 173 Å². The molecule has 10 nitrogen and oxygen atoms in total. The molecular formula is C20H17N7O3S2. The molecule has 0 aliphatic carbocycles. The van der Waals surface area contributed by atoms with Crippen molar-refractivity contribution in [3.8, 4) is 16.5 Å². The maximum atomic E-state index is 12.5. The van der Waals surface area contributed by atoms with Gasteiger partial charge < -0.3 is 26.5 Å². The molecule has 0 fully saturated rings. The Hall–Kier alpha value is -3.95. The second-order valence-electron chi connectivity index (χ2n) is 6.69. The Labute approximate surface area is 189 Å². The Morgan fingerprint density at radius 3 is 2.84 bits per heavy atom. The lowest BCUT2D eigenvalue weighted by atomic mass is 10.0. The largest absolute Gasteiger partial charge is 0.467 e. The summed E-state index contributed by atoms with van der Waals surface area (Å²) in [6, 6.07) is 5.01. The fraction of sp³-hybridized carbons (Fsp3) is 0.150. The second kappa shape index (κ2) is 8.66. The van der Waals surface area contributed by atoms with E-state index in [-0.39, 0.29) is 28.4 Å². The molecule has 0 aliphatic rings. The first-order chi connectivity index (χ1) is 15.4. The first-order valence-corrected chi connectivity index (χ1v) is 11.0. The predicted octanol–water partition coefficient (Wildman–Crippen LogP) is 2.50. The number of amides is 1. The van der Waals surface area contributed by atoms with Crippen LogP contribution in [0.2, 0.25) is 0 Å². The number of rotatable bonds is 7. The van der Waals surface area contributed by atoms with Crippen molar-refractivity contribution in [1.29, 1.82) is 5.26 Å². The normalized spacial score (nSPS) is 11.8. The van der Waals surface area contributed by atoms with Crippen LogP contribution in [0.5, 0.6) is 0 Å². The van der Waals surface area contributed by atoms with E-state index in [1.54, 1.807) is 6.20 Å². The number of nitrogens with zero attached hydrogens (tertiary/aromatic N) is 3. The molecule has 0 bridgehead atoms. The first-order valence-electron chi connectivity index (χ1n) is 9.26. The van der Waals surface area contributed by atoms with Crippen molar-refractivity contribution in [2.75, 3.05) is 18.2 Å². The number of carbonyl (C=O) groups is 2. The summed E-state index contributed by atoms with van der Waals surface area (Å²) in [6.45, 7) is 0. The third kappa shape index (κ3) is 3.75. The van der Waals surface area contributed by atoms with E-state index in [4.69, 9.17) is 16.2 Å². The minimum absolute atomic E-state index is 0.160. The molecule has 4 aromatic heterocycles. The number of fused-ring (bicyclic) bond motifs is 1. The molecule has 162 valence electrons. The van der Waals surface area contributed by atoms with E-state index < -0.39 is 17.9 Å². The maximum Gasteiger partial charge on any atom is 0.328 e. The van der Waals surface area contributed by atoms with Gasteiger partial charge in [0.25, 0.3) is 5.91 Å². The van der Waals surface area contributed by atoms with Gasteiger partial charge in [0.1, 0.15) is 33.2 Å². The molecule has 0 saturated heterocycles. The average molecular weight is 468 g/mol. The van der Waals surface area contributed by atoms with E-state index in [1.165, 1.54) is 24.8 Å². The summed E-state index contributed by atoms with van der Waals surface area (Å²) < 4.78 is 4.93. The molecule has 0 saturated carbocycles. The van der Waals surface area contributed by atoms with E-state index in [0.29, 0.717) is 21.5 Å². The fourth-order valence-electron chi connectivity index (χ4n) is 3.33. The molecule has 0 aromatic carbocycles. The fourth-order valence-corrected chi connectivity index (χ4v) is 5.07. The predicted molar refractivity (Wildman–Crippen MR) is 122 cm³/mol. The van der Waals surface area contributed by atoms with Crippen LogP contribution in [-0.4, -0.2) is 40.0 Å². The van der Waals surface area contributed by atoms with Crippen LogP contribution in [0, 0.1) is 11.3 Å². The average Bonchev–Trinajstić information content (AvgIpc) is 3.54. The van der Waals surface area contributed by atoms with Crippen LogP contribution in [0.1, 0.15) is 20.9 Å². The highest BCUT2D eigenvalue weighted by Crippen LogP contribution is 2.44. The summed E-state index contributed by atoms with van der Waals surface area (Å²) in [5.74, 6) is -1.04. The second-order valence-corrected chi connectivity index (χ2v) is 8.64. The highest BCUT2D eigenvalue weighted by atomic mass is 32.1. The van der Waals surface area contributed by atoms with Gasteiger partial charge in [-0.05, 0) is 11.4 Å². The van der Waals surface area contributed by atoms with Crippen LogP contribution < -0.4 is 16.8 Å². The molecule has 12 heteroatoms. The number of nitrogens with two attached hydrogens (primary N) is 2. The van der Waals surface area contributed by atoms with Crippen LogP contribution in [0.3, 0.4) is 0 Å². The van der Waals surface area contributed by atoms with Crippen molar-refractivity contribution < 1.29 is 14.3 Å². The monoisotopic (exact) mass is 467 g/mol. The smallest absolute Gasteiger partial charge is 0.328 e. The molecule has 1 atom stereocenters. The standard InChI is InChI=1S/C20H17N7O3S2/c1-30-20(29)11(5-9-7-24-8-25-9)26-18-10(6-21)13(12-3-2-4-31-12)14-15(22)16(17(23)28)32-19(14)27-18/h2-4,7-8,11H,5,22H2,1H3,(H2,23,28)(H,24,25)(H,26,27). The summed E-state index contributed by atoms with van der Waals surface area (Å²) >= 11 is 2.45. The summed E-state index contributed by atoms with van der Waals surface area (Å²) in [5, 5.41) is 15.4. The van der Waals surface area contributed by atoms with Crippen molar-refractivity contribution >= 4 is 56.3 Å². The van der Waals surface area contributed by atoms with Crippen LogP contribution in [0.15, 0.2) is 30.0 Å². The van der Waals surface area contributed by atoms with Gasteiger partial charge in [-0.1, -0.05) is 6.07 Å². The number of pyridine rings is 1. The zero-order chi connectivity index (χ0) is 22.8. The highest BCUT2D eigenvalue weighted by Gasteiger charge is 2.28. The lowest BCUT2D eigenvalue weighted by Gasteiger charge is -2.18. The zero-order valence-electron chi connectivity index (χ0n) is 16.7. The molecule has 4 aromatic rings. The van der Waals surface area contributed by atoms with Gasteiger partial charge in [-0.3, -0.25) is 4.79 Å². The Bertz CT molecular complexity index is 1340. The number of nitrogens with one attached hydrogen (secondary N) is 2. The molecular weight excluding hydrogens is 450 g/mol. The zero-order valence-corrected chi connectivity index (χ0v) is 18.3. The van der Waals surface area contributed by atoms with Crippen molar-refractivity contribution in [1.82, 2.24) is 15.0 Å². The number of hydrogen-bond acceptors (Lipinski definition) is 10. The molecule has 1 unspecified atom stereocenters. The molecule has 6 N–H and O–H groups in total. The molecule has 0 aliphatic heterocycles. The summed E-state index contributed by atoms with van der Waals surface area (Å²) in [5.41, 5.74) is 13.3. The Morgan fingerprint density at radius 2 is 2.25 bits per heavy atom. The maximum absolute atomic E-state index is 12.5. The van der Waals surface area contributed by atoms with Crippen LogP contribution in [0.4, 0.5) is 11.5 Å². The Morgan fingerprint density at radius 1 is 1.44 bits per heavy atom. The molecule has 4 rings (SSSR count). The highest BCUT2D eigenvalue weighted by molar-refractivity contribution is 7.21. The number of nitrogen functional groups attached to an aromatic ring is 1. The minimum Gasteiger partial charge on any atom is -0.467 e. The number of imidazole rings is 1. The molecule has 0 spiro atoms. The first kappa shape index (κ1) is 21.3. The number of nitriles is 1. The number of H-pyrrole nitrogens is 1. The number of hydrogen-bond donors (Lipinski definition) is 4. The number of thiophene rings is 2. The van der Waals surface area contributed by atoms with Crippen molar-refractivity contribution in [2.45, 2.75) is 12.5 Å². The molecule has 32 heavy (non-hydrogen) atoms. The number of ether oxygens (including phenoxy) is 1. The van der Waals surface area contributed by atoms with E-state index in [1.807, 2.05) is 17.5 Å². The van der Waals surface area contributed by atoms with E-state index in [2.05, 4.69) is 26.3 Å². The van der Waals surface area contributed by atoms with Gasteiger partial charge in [-0.2, -0.15) is 5.26 Å². The number of esters is 1. The van der Waals surface area contributed by atoms with Crippen molar-refractivity contribution in [3.63, 3.8) is 0 Å². The van der Waals surface area contributed by atoms with E-state index in [0.717, 1.165) is 16.2 Å². The number of aromatic nitrogens is 3. The Kier molecular flexibility index (Phi) is 5.76. The molecule has 0 radical (unpaired) electrons. The van der Waals surface area contributed by atoms with Gasteiger partial charge in [-0.15, -0.1) is 22.7 Å². The van der Waals surface area contributed by atoms with Crippen LogP contribution in [0.25, 0.3) is 20.7 Å². The number of primary amides is 1. The molecule has 4 heterocycles. The van der Waals surface area contributed by atoms with Gasteiger partial charge in [-0.25, -0.2) is 14.8 Å². The number of aromatic amines is 1. The van der Waals surface area contributed by atoms with Crippen molar-refractivity contribution in [3.05, 3.63) is 46.2 Å². The lowest BCUT2D eigenvalue weighted by molar-refractivity contribution is -0.141. The third-order valence-corrected chi connectivity index (χ3v) is 6.76. The third-order valence-electron chi connectivity index (χ3n) is 4.76. The van der Waals surface area contributed by atoms with E-state index >= 15 is 0 Å².